The third-order valence-electron chi connectivity index (χ3n) is 4.22. The van der Waals surface area contributed by atoms with E-state index in [0.29, 0.717) is 5.41 Å². The lowest BCUT2D eigenvalue weighted by molar-refractivity contribution is 0.163. The van der Waals surface area contributed by atoms with Gasteiger partial charge in [-0.1, -0.05) is 46.8 Å². The van der Waals surface area contributed by atoms with Gasteiger partial charge in [-0.25, -0.2) is 0 Å². The second-order valence-corrected chi connectivity index (χ2v) is 7.46. The van der Waals surface area contributed by atoms with Gasteiger partial charge in [-0.15, -0.1) is 0 Å². The predicted octanol–water partition coefficient (Wildman–Crippen LogP) is 4.64. The van der Waals surface area contributed by atoms with Crippen LogP contribution < -0.4 is 5.32 Å². The average Bonchev–Trinajstić information content (AvgIpc) is 2.27. The van der Waals surface area contributed by atoms with Crippen molar-refractivity contribution in [2.24, 2.45) is 23.2 Å². The predicted molar refractivity (Wildman–Crippen MR) is 81.8 cm³/mol. The van der Waals surface area contributed by atoms with E-state index in [4.69, 9.17) is 0 Å². The molecule has 1 nitrogen and oxygen atoms in total. The summed E-state index contributed by atoms with van der Waals surface area (Å²) in [5.41, 5.74) is 0.507. The van der Waals surface area contributed by atoms with Gasteiger partial charge < -0.3 is 5.32 Å². The van der Waals surface area contributed by atoms with E-state index >= 15 is 0 Å². The van der Waals surface area contributed by atoms with Gasteiger partial charge in [0.2, 0.25) is 0 Å². The molecule has 0 aliphatic heterocycles. The largest absolute Gasteiger partial charge is 0.313 e. The molecular weight excluding hydrogens is 218 g/mol. The summed E-state index contributed by atoms with van der Waals surface area (Å²) >= 11 is 0. The first-order chi connectivity index (χ1) is 8.39. The van der Waals surface area contributed by atoms with Crippen LogP contribution in [0.1, 0.15) is 60.3 Å². The van der Waals surface area contributed by atoms with Gasteiger partial charge in [-0.05, 0) is 55.4 Å². The molecule has 0 saturated heterocycles. The Bertz CT molecular complexity index is 239. The van der Waals surface area contributed by atoms with Crippen molar-refractivity contribution in [1.82, 2.24) is 5.32 Å². The normalized spacial score (nSPS) is 26.1. The van der Waals surface area contributed by atoms with Crippen molar-refractivity contribution in [3.63, 3.8) is 0 Å². The molecule has 0 aromatic carbocycles. The van der Waals surface area contributed by atoms with Crippen LogP contribution in [0.5, 0.6) is 0 Å². The minimum atomic E-state index is 0.507. The summed E-state index contributed by atoms with van der Waals surface area (Å²) in [5, 5.41) is 3.47. The average molecular weight is 251 g/mol. The summed E-state index contributed by atoms with van der Waals surface area (Å²) in [4.78, 5) is 0. The zero-order chi connectivity index (χ0) is 13.6. The summed E-state index contributed by atoms with van der Waals surface area (Å²) in [6.45, 7) is 13.9. The quantitative estimate of drug-likeness (QED) is 0.554. The van der Waals surface area contributed by atoms with Crippen molar-refractivity contribution in [2.75, 3.05) is 13.1 Å². The van der Waals surface area contributed by atoms with E-state index in [0.717, 1.165) is 30.8 Å². The van der Waals surface area contributed by atoms with Crippen LogP contribution in [0.2, 0.25) is 0 Å². The first kappa shape index (κ1) is 15.8. The standard InChI is InChI=1S/C17H33N/c1-14(2)13-18-12-6-7-15-8-10-16(11-9-15)17(3,4)5/h6-7,14-16,18H,8-13H2,1-5H3/b7-6+. The highest BCUT2D eigenvalue weighted by Gasteiger charge is 2.28. The molecule has 0 heterocycles. The van der Waals surface area contributed by atoms with Crippen LogP contribution in [0.3, 0.4) is 0 Å². The Labute approximate surface area is 114 Å². The molecule has 1 fully saturated rings. The molecule has 18 heavy (non-hydrogen) atoms. The van der Waals surface area contributed by atoms with Crippen LogP contribution in [0.15, 0.2) is 12.2 Å². The topological polar surface area (TPSA) is 12.0 Å². The number of rotatable bonds is 5. The van der Waals surface area contributed by atoms with Crippen molar-refractivity contribution < 1.29 is 0 Å². The molecule has 1 rings (SSSR count). The molecule has 1 aliphatic rings. The van der Waals surface area contributed by atoms with Gasteiger partial charge in [0.05, 0.1) is 0 Å². The molecule has 106 valence electrons. The van der Waals surface area contributed by atoms with Gasteiger partial charge in [0.1, 0.15) is 0 Å². The number of nitrogens with one attached hydrogen (secondary N) is 1. The van der Waals surface area contributed by atoms with E-state index in [1.165, 1.54) is 25.7 Å². The smallest absolute Gasteiger partial charge is 0.0135 e. The Morgan fingerprint density at radius 3 is 2.22 bits per heavy atom. The van der Waals surface area contributed by atoms with E-state index in [1.807, 2.05) is 0 Å². The Balaban J connectivity index is 2.17. The molecule has 0 aromatic heterocycles. The van der Waals surface area contributed by atoms with Gasteiger partial charge in [0.25, 0.3) is 0 Å². The molecule has 0 radical (unpaired) electrons. The second-order valence-electron chi connectivity index (χ2n) is 7.46. The highest BCUT2D eigenvalue weighted by Crippen LogP contribution is 2.39. The molecule has 0 bridgehead atoms. The summed E-state index contributed by atoms with van der Waals surface area (Å²) in [5.74, 6) is 2.52. The van der Waals surface area contributed by atoms with E-state index in [2.05, 4.69) is 52.1 Å². The summed E-state index contributed by atoms with van der Waals surface area (Å²) in [6.07, 6.45) is 10.4. The van der Waals surface area contributed by atoms with Crippen LogP contribution in [-0.2, 0) is 0 Å². The lowest BCUT2D eigenvalue weighted by atomic mass is 9.70. The van der Waals surface area contributed by atoms with Crippen molar-refractivity contribution in [2.45, 2.75) is 60.3 Å². The minimum absolute atomic E-state index is 0.507. The molecule has 1 saturated carbocycles. The Morgan fingerprint density at radius 2 is 1.72 bits per heavy atom. The van der Waals surface area contributed by atoms with Crippen molar-refractivity contribution in [1.29, 1.82) is 0 Å². The molecule has 0 unspecified atom stereocenters. The third kappa shape index (κ3) is 6.04. The third-order valence-corrected chi connectivity index (χ3v) is 4.22. The van der Waals surface area contributed by atoms with E-state index in [9.17, 15) is 0 Å². The van der Waals surface area contributed by atoms with Crippen LogP contribution in [0, 0.1) is 23.2 Å². The molecule has 0 spiro atoms. The number of allylic oxidation sites excluding steroid dienone is 1. The molecule has 0 amide bonds. The highest BCUT2D eigenvalue weighted by molar-refractivity contribution is 4.93. The van der Waals surface area contributed by atoms with E-state index in [1.54, 1.807) is 0 Å². The fourth-order valence-electron chi connectivity index (χ4n) is 2.89. The van der Waals surface area contributed by atoms with Gasteiger partial charge in [0, 0.05) is 6.54 Å². The summed E-state index contributed by atoms with van der Waals surface area (Å²) in [7, 11) is 0. The maximum atomic E-state index is 3.47. The van der Waals surface area contributed by atoms with E-state index in [-0.39, 0.29) is 0 Å². The Kier molecular flexibility index (Phi) is 6.42. The Hall–Kier alpha value is -0.300. The van der Waals surface area contributed by atoms with Crippen LogP contribution >= 0.6 is 0 Å². The molecule has 0 atom stereocenters. The van der Waals surface area contributed by atoms with E-state index < -0.39 is 0 Å². The zero-order valence-corrected chi connectivity index (χ0v) is 13.1. The molecule has 1 N–H and O–H groups in total. The summed E-state index contributed by atoms with van der Waals surface area (Å²) < 4.78 is 0. The fourth-order valence-corrected chi connectivity index (χ4v) is 2.89. The lowest BCUT2D eigenvalue weighted by Crippen LogP contribution is -2.25. The number of hydrogen-bond donors (Lipinski definition) is 1. The van der Waals surface area contributed by atoms with Crippen LogP contribution in [0.4, 0.5) is 0 Å². The first-order valence-corrected chi connectivity index (χ1v) is 7.77. The van der Waals surface area contributed by atoms with Crippen molar-refractivity contribution in [3.8, 4) is 0 Å². The molecule has 1 aliphatic carbocycles. The van der Waals surface area contributed by atoms with Gasteiger partial charge >= 0.3 is 0 Å². The highest BCUT2D eigenvalue weighted by atomic mass is 14.8. The second kappa shape index (κ2) is 7.33. The van der Waals surface area contributed by atoms with Crippen molar-refractivity contribution in [3.05, 3.63) is 12.2 Å². The maximum absolute atomic E-state index is 3.47. The summed E-state index contributed by atoms with van der Waals surface area (Å²) in [6, 6.07) is 0. The fraction of sp³-hybridized carbons (Fsp3) is 0.882. The molecule has 1 heteroatoms. The van der Waals surface area contributed by atoms with Gasteiger partial charge in [-0.3, -0.25) is 0 Å². The van der Waals surface area contributed by atoms with Gasteiger partial charge in [0.15, 0.2) is 0 Å². The molecule has 0 aromatic rings. The lowest BCUT2D eigenvalue weighted by Gasteiger charge is -2.36. The van der Waals surface area contributed by atoms with Crippen LogP contribution in [-0.4, -0.2) is 13.1 Å². The van der Waals surface area contributed by atoms with Crippen molar-refractivity contribution >= 4 is 0 Å². The molecular formula is C17H33N. The zero-order valence-electron chi connectivity index (χ0n) is 13.1. The maximum Gasteiger partial charge on any atom is 0.0135 e. The minimum Gasteiger partial charge on any atom is -0.313 e. The Morgan fingerprint density at radius 1 is 1.11 bits per heavy atom. The monoisotopic (exact) mass is 251 g/mol. The van der Waals surface area contributed by atoms with Gasteiger partial charge in [-0.2, -0.15) is 0 Å². The SMILES string of the molecule is CC(C)CNC/C=C/C1CCC(C(C)(C)C)CC1. The van der Waals surface area contributed by atoms with Crippen LogP contribution in [0.25, 0.3) is 0 Å². The number of hydrogen-bond acceptors (Lipinski definition) is 1. The first-order valence-electron chi connectivity index (χ1n) is 7.77.